The van der Waals surface area contributed by atoms with Crippen LogP contribution < -0.4 is 16.6 Å². The number of esters is 1. The maximum atomic E-state index is 12.9. The zero-order chi connectivity index (χ0) is 24.2. The third kappa shape index (κ3) is 3.53. The highest BCUT2D eigenvalue weighted by molar-refractivity contribution is 6.23. The van der Waals surface area contributed by atoms with Crippen LogP contribution >= 0.6 is 0 Å². The topological polar surface area (TPSA) is 152 Å². The highest BCUT2D eigenvalue weighted by Gasteiger charge is 2.32. The maximum absolute atomic E-state index is 12.9. The number of nitrogens with one attached hydrogen (secondary N) is 1. The number of nitrogens with two attached hydrogens (primary N) is 1. The molecule has 0 unspecified atom stereocenters. The Kier molecular flexibility index (Phi) is 4.84. The van der Waals surface area contributed by atoms with Crippen molar-refractivity contribution in [2.45, 2.75) is 26.4 Å². The number of ether oxygens (including phenoxy) is 2. The number of carbonyl (C=O) groups excluding carboxylic acids is 4. The molecule has 0 fully saturated rings. The van der Waals surface area contributed by atoms with Gasteiger partial charge in [-0.25, -0.2) is 14.2 Å². The molecule has 2 amide bonds. The number of imide groups is 1. The molecule has 0 saturated heterocycles. The highest BCUT2D eigenvalue weighted by Crippen LogP contribution is 2.28. The van der Waals surface area contributed by atoms with Gasteiger partial charge in [-0.1, -0.05) is 6.07 Å². The first-order chi connectivity index (χ1) is 15.4. The Hall–Kier alpha value is -4.41. The van der Waals surface area contributed by atoms with E-state index in [2.05, 4.69) is 5.32 Å². The summed E-state index contributed by atoms with van der Waals surface area (Å²) in [6.45, 7) is 5.03. The Morgan fingerprint density at radius 2 is 1.73 bits per heavy atom. The zero-order valence-electron chi connectivity index (χ0n) is 18.2. The second-order valence-electron chi connectivity index (χ2n) is 8.36. The van der Waals surface area contributed by atoms with Crippen LogP contribution in [0.25, 0.3) is 16.6 Å². The van der Waals surface area contributed by atoms with Crippen molar-refractivity contribution in [1.82, 2.24) is 14.5 Å². The number of aromatic nitrogens is 2. The van der Waals surface area contributed by atoms with E-state index in [1.807, 2.05) is 0 Å². The van der Waals surface area contributed by atoms with E-state index in [9.17, 15) is 24.0 Å². The monoisotopic (exact) mass is 452 g/mol. The molecule has 0 radical (unpaired) electrons. The molecule has 4 rings (SSSR count). The SMILES string of the molecule is COC(=O)c1cc2ccc(-n3c(N)c4c(cc3=O)C(=O)NC4=O)cc2n1C(=O)OC(C)(C)C. The molecule has 0 aliphatic carbocycles. The van der Waals surface area contributed by atoms with Gasteiger partial charge in [0.25, 0.3) is 17.4 Å². The van der Waals surface area contributed by atoms with Crippen LogP contribution in [0.15, 0.2) is 35.1 Å². The number of amides is 2. The number of hydrogen-bond donors (Lipinski definition) is 2. The number of nitrogens with zero attached hydrogens (tertiary/aromatic N) is 2. The predicted octanol–water partition coefficient (Wildman–Crippen LogP) is 1.83. The van der Waals surface area contributed by atoms with E-state index in [1.165, 1.54) is 25.3 Å². The lowest BCUT2D eigenvalue weighted by Crippen LogP contribution is -2.29. The lowest BCUT2D eigenvalue weighted by molar-refractivity contribution is 0.0489. The van der Waals surface area contributed by atoms with Gasteiger partial charge in [-0.3, -0.25) is 24.3 Å². The normalized spacial score (nSPS) is 13.1. The van der Waals surface area contributed by atoms with Crippen molar-refractivity contribution in [3.63, 3.8) is 0 Å². The molecule has 0 saturated carbocycles. The van der Waals surface area contributed by atoms with Gasteiger partial charge in [0.15, 0.2) is 0 Å². The molecule has 33 heavy (non-hydrogen) atoms. The van der Waals surface area contributed by atoms with Crippen LogP contribution in [0, 0.1) is 0 Å². The predicted molar refractivity (Wildman–Crippen MR) is 117 cm³/mol. The molecule has 2 aromatic heterocycles. The second-order valence-corrected chi connectivity index (χ2v) is 8.36. The first-order valence-corrected chi connectivity index (χ1v) is 9.81. The van der Waals surface area contributed by atoms with Gasteiger partial charge in [0.05, 0.1) is 29.4 Å². The van der Waals surface area contributed by atoms with Gasteiger partial charge in [0, 0.05) is 11.5 Å². The van der Waals surface area contributed by atoms with Crippen molar-refractivity contribution in [1.29, 1.82) is 0 Å². The summed E-state index contributed by atoms with van der Waals surface area (Å²) >= 11 is 0. The number of hydrogen-bond acceptors (Lipinski definition) is 8. The fourth-order valence-corrected chi connectivity index (χ4v) is 3.63. The molecule has 1 aromatic carbocycles. The molecule has 0 atom stereocenters. The minimum absolute atomic E-state index is 0.0712. The van der Waals surface area contributed by atoms with Crippen molar-refractivity contribution in [2.75, 3.05) is 12.8 Å². The van der Waals surface area contributed by atoms with Crippen molar-refractivity contribution < 1.29 is 28.7 Å². The number of rotatable bonds is 2. The van der Waals surface area contributed by atoms with Crippen molar-refractivity contribution >= 4 is 40.6 Å². The molecule has 0 spiro atoms. The van der Waals surface area contributed by atoms with E-state index < -0.39 is 35.0 Å². The molecular weight excluding hydrogens is 432 g/mol. The van der Waals surface area contributed by atoms with Gasteiger partial charge < -0.3 is 15.2 Å². The van der Waals surface area contributed by atoms with Crippen LogP contribution in [-0.4, -0.2) is 45.7 Å². The van der Waals surface area contributed by atoms with Gasteiger partial charge in [-0.05, 0) is 39.0 Å². The van der Waals surface area contributed by atoms with Gasteiger partial charge in [0.2, 0.25) is 0 Å². The summed E-state index contributed by atoms with van der Waals surface area (Å²) in [6, 6.07) is 7.02. The number of methoxy groups -OCH3 is 1. The molecule has 1 aliphatic rings. The standard InChI is InChI=1S/C22H20N4O7/c1-22(2,3)33-21(31)26-13-8-11(6-5-10(13)7-14(26)20(30)32-4)25-15(27)9-12-16(17(25)23)19(29)24-18(12)28/h5-9H,23H2,1-4H3,(H,24,28,29). The van der Waals surface area contributed by atoms with Gasteiger partial charge >= 0.3 is 12.1 Å². The van der Waals surface area contributed by atoms with Crippen LogP contribution in [0.2, 0.25) is 0 Å². The van der Waals surface area contributed by atoms with Crippen LogP contribution in [0.5, 0.6) is 0 Å². The minimum Gasteiger partial charge on any atom is -0.464 e. The van der Waals surface area contributed by atoms with E-state index in [0.717, 1.165) is 15.2 Å². The van der Waals surface area contributed by atoms with E-state index in [0.29, 0.717) is 5.39 Å². The van der Waals surface area contributed by atoms with Crippen LogP contribution in [-0.2, 0) is 9.47 Å². The molecule has 0 bridgehead atoms. The van der Waals surface area contributed by atoms with Gasteiger partial charge in [0.1, 0.15) is 17.1 Å². The lowest BCUT2D eigenvalue weighted by Gasteiger charge is -2.20. The van der Waals surface area contributed by atoms with E-state index >= 15 is 0 Å². The molecule has 11 heteroatoms. The number of nitrogen functional groups attached to an aromatic ring is 1. The Balaban J connectivity index is 1.97. The highest BCUT2D eigenvalue weighted by atomic mass is 16.6. The third-order valence-electron chi connectivity index (χ3n) is 4.97. The average molecular weight is 452 g/mol. The van der Waals surface area contributed by atoms with Gasteiger partial charge in [-0.2, -0.15) is 0 Å². The summed E-state index contributed by atoms with van der Waals surface area (Å²) in [5.74, 6) is -2.41. The molecule has 1 aliphatic heterocycles. The van der Waals surface area contributed by atoms with Gasteiger partial charge in [-0.15, -0.1) is 0 Å². The fourth-order valence-electron chi connectivity index (χ4n) is 3.63. The van der Waals surface area contributed by atoms with Crippen LogP contribution in [0.4, 0.5) is 10.6 Å². The summed E-state index contributed by atoms with van der Waals surface area (Å²) in [5, 5.41) is 2.59. The number of anilines is 1. The molecule has 3 N–H and O–H groups in total. The number of pyridine rings is 1. The Morgan fingerprint density at radius 1 is 1.03 bits per heavy atom. The second kappa shape index (κ2) is 7.33. The molecule has 11 nitrogen and oxygen atoms in total. The van der Waals surface area contributed by atoms with Crippen LogP contribution in [0.3, 0.4) is 0 Å². The first-order valence-electron chi connectivity index (χ1n) is 9.81. The molecular formula is C22H20N4O7. The van der Waals surface area contributed by atoms with Crippen molar-refractivity contribution in [3.05, 3.63) is 57.5 Å². The summed E-state index contributed by atoms with van der Waals surface area (Å²) < 4.78 is 12.3. The van der Waals surface area contributed by atoms with Crippen molar-refractivity contribution in [2.24, 2.45) is 0 Å². The summed E-state index contributed by atoms with van der Waals surface area (Å²) in [7, 11) is 1.18. The third-order valence-corrected chi connectivity index (χ3v) is 4.97. The average Bonchev–Trinajstić information content (AvgIpc) is 3.23. The van der Waals surface area contributed by atoms with Crippen LogP contribution in [0.1, 0.15) is 52.0 Å². The Morgan fingerprint density at radius 3 is 2.36 bits per heavy atom. The maximum Gasteiger partial charge on any atom is 0.419 e. The minimum atomic E-state index is -0.847. The van der Waals surface area contributed by atoms with E-state index in [1.54, 1.807) is 26.8 Å². The zero-order valence-corrected chi connectivity index (χ0v) is 18.2. The fraction of sp³-hybridized carbons (Fsp3) is 0.227. The Labute approximate surface area is 186 Å². The quantitative estimate of drug-likeness (QED) is 0.441. The summed E-state index contributed by atoms with van der Waals surface area (Å²) in [4.78, 5) is 62.1. The molecule has 3 aromatic rings. The Bertz CT molecular complexity index is 1440. The number of benzene rings is 1. The van der Waals surface area contributed by atoms with Crippen molar-refractivity contribution in [3.8, 4) is 5.69 Å². The largest absolute Gasteiger partial charge is 0.464 e. The molecule has 3 heterocycles. The van der Waals surface area contributed by atoms with E-state index in [-0.39, 0.29) is 33.8 Å². The number of fused-ring (bicyclic) bond motifs is 2. The first kappa shape index (κ1) is 21.8. The lowest BCUT2D eigenvalue weighted by atomic mass is 10.1. The number of carbonyl (C=O) groups is 4. The summed E-state index contributed by atoms with van der Waals surface area (Å²) in [5.41, 5.74) is 4.76. The molecule has 170 valence electrons. The van der Waals surface area contributed by atoms with E-state index in [4.69, 9.17) is 15.2 Å². The smallest absolute Gasteiger partial charge is 0.419 e. The summed E-state index contributed by atoms with van der Waals surface area (Å²) in [6.07, 6.45) is -0.825.